The number of methoxy groups -OCH3 is 1. The molecule has 3 rings (SSSR count). The van der Waals surface area contributed by atoms with Crippen molar-refractivity contribution in [2.75, 3.05) is 19.0 Å². The molecule has 0 saturated heterocycles. The number of carbonyl (C=O) groups excluding carboxylic acids is 1. The Labute approximate surface area is 166 Å². The van der Waals surface area contributed by atoms with E-state index in [-0.39, 0.29) is 11.9 Å². The van der Waals surface area contributed by atoms with Gasteiger partial charge in [-0.2, -0.15) is 0 Å². The molecular weight excluding hydrogens is 348 g/mol. The molecule has 0 aliphatic carbocycles. The number of nitrogens with one attached hydrogen (secondary N) is 1. The van der Waals surface area contributed by atoms with Gasteiger partial charge >= 0.3 is 0 Å². The maximum atomic E-state index is 12.6. The van der Waals surface area contributed by atoms with Crippen molar-refractivity contribution in [2.45, 2.75) is 19.9 Å². The van der Waals surface area contributed by atoms with E-state index in [0.29, 0.717) is 6.54 Å². The normalized spacial score (nSPS) is 11.7. The summed E-state index contributed by atoms with van der Waals surface area (Å²) in [6.07, 6.45) is 0. The second-order valence-corrected chi connectivity index (χ2v) is 6.92. The van der Waals surface area contributed by atoms with Gasteiger partial charge < -0.3 is 15.4 Å². The van der Waals surface area contributed by atoms with Crippen LogP contribution >= 0.6 is 0 Å². The predicted molar refractivity (Wildman–Crippen MR) is 113 cm³/mol. The molecule has 3 N–H and O–H groups in total. The summed E-state index contributed by atoms with van der Waals surface area (Å²) in [5.74, 6) is 0.815. The van der Waals surface area contributed by atoms with Crippen LogP contribution in [0.25, 0.3) is 0 Å². The molecule has 0 radical (unpaired) electrons. The van der Waals surface area contributed by atoms with E-state index in [4.69, 9.17) is 4.74 Å². The van der Waals surface area contributed by atoms with Gasteiger partial charge in [-0.15, -0.1) is 0 Å². The number of amides is 1. The summed E-state index contributed by atoms with van der Waals surface area (Å²) in [5.41, 5.74) is 5.34. The molecule has 0 spiro atoms. The lowest BCUT2D eigenvalue weighted by atomic mass is 9.98. The molecule has 0 heterocycles. The second kappa shape index (κ2) is 9.20. The monoisotopic (exact) mass is 375 g/mol. The number of rotatable bonds is 7. The summed E-state index contributed by atoms with van der Waals surface area (Å²) >= 11 is 0. The summed E-state index contributed by atoms with van der Waals surface area (Å²) in [7, 11) is 1.66. The Morgan fingerprint density at radius 2 is 1.50 bits per heavy atom. The van der Waals surface area contributed by atoms with Crippen LogP contribution in [0.1, 0.15) is 28.3 Å². The number of aryl methyl sites for hydroxylation is 2. The van der Waals surface area contributed by atoms with Gasteiger partial charge in [-0.1, -0.05) is 48.5 Å². The highest BCUT2D eigenvalue weighted by Gasteiger charge is 2.19. The lowest BCUT2D eigenvalue weighted by molar-refractivity contribution is -0.676. The van der Waals surface area contributed by atoms with Crippen LogP contribution in [0, 0.1) is 13.8 Å². The zero-order valence-corrected chi connectivity index (χ0v) is 16.6. The Morgan fingerprint density at radius 3 is 2.11 bits per heavy atom. The standard InChI is InChI=1S/C24H26N2O2/c1-17-8-7-9-18(2)23(17)26-22(27)16-25-24(19-10-5-4-6-11-19)20-12-14-21(28-3)15-13-20/h4-15,24-25H,16H2,1-3H3,(H,26,27)/p+1/t24-/m1/s1. The molecule has 0 bridgehead atoms. The number of quaternary nitrogens is 1. The zero-order valence-electron chi connectivity index (χ0n) is 16.6. The number of anilines is 1. The van der Waals surface area contributed by atoms with Crippen molar-refractivity contribution >= 4 is 11.6 Å². The molecule has 3 aromatic rings. The summed E-state index contributed by atoms with van der Waals surface area (Å²) in [6.45, 7) is 4.35. The highest BCUT2D eigenvalue weighted by molar-refractivity contribution is 5.92. The molecule has 1 atom stereocenters. The van der Waals surface area contributed by atoms with Gasteiger partial charge in [-0.05, 0) is 49.2 Å². The number of ether oxygens (including phenoxy) is 1. The van der Waals surface area contributed by atoms with Crippen LogP contribution < -0.4 is 15.4 Å². The van der Waals surface area contributed by atoms with E-state index in [2.05, 4.69) is 34.9 Å². The quantitative estimate of drug-likeness (QED) is 0.663. The third-order valence-electron chi connectivity index (χ3n) is 4.92. The molecular formula is C24H27N2O2+. The molecule has 4 heteroatoms. The lowest BCUT2D eigenvalue weighted by Gasteiger charge is -2.17. The van der Waals surface area contributed by atoms with Crippen molar-refractivity contribution in [2.24, 2.45) is 0 Å². The fraction of sp³-hybridized carbons (Fsp3) is 0.208. The number of benzene rings is 3. The van der Waals surface area contributed by atoms with Gasteiger partial charge in [0.2, 0.25) is 0 Å². The van der Waals surface area contributed by atoms with Crippen LogP contribution in [0.3, 0.4) is 0 Å². The third kappa shape index (κ3) is 4.78. The molecule has 0 aromatic heterocycles. The second-order valence-electron chi connectivity index (χ2n) is 6.92. The Balaban J connectivity index is 1.75. The van der Waals surface area contributed by atoms with E-state index >= 15 is 0 Å². The molecule has 4 nitrogen and oxygen atoms in total. The van der Waals surface area contributed by atoms with Gasteiger partial charge in [-0.25, -0.2) is 0 Å². The Hall–Kier alpha value is -3.11. The van der Waals surface area contributed by atoms with Crippen molar-refractivity contribution in [3.05, 3.63) is 95.1 Å². The molecule has 0 fully saturated rings. The van der Waals surface area contributed by atoms with E-state index in [1.54, 1.807) is 7.11 Å². The minimum Gasteiger partial charge on any atom is -0.497 e. The molecule has 0 aliphatic rings. The highest BCUT2D eigenvalue weighted by atomic mass is 16.5. The van der Waals surface area contributed by atoms with E-state index in [1.807, 2.05) is 62.4 Å². The van der Waals surface area contributed by atoms with Gasteiger partial charge in [0.25, 0.3) is 5.91 Å². The van der Waals surface area contributed by atoms with Gasteiger partial charge in [0.15, 0.2) is 6.54 Å². The zero-order chi connectivity index (χ0) is 19.9. The maximum Gasteiger partial charge on any atom is 0.279 e. The lowest BCUT2D eigenvalue weighted by Crippen LogP contribution is -2.87. The average Bonchev–Trinajstić information content (AvgIpc) is 2.72. The number of hydrogen-bond acceptors (Lipinski definition) is 2. The summed E-state index contributed by atoms with van der Waals surface area (Å²) in [5, 5.41) is 5.13. The van der Waals surface area contributed by atoms with Gasteiger partial charge in [0, 0.05) is 16.8 Å². The summed E-state index contributed by atoms with van der Waals surface area (Å²) in [4.78, 5) is 12.6. The molecule has 144 valence electrons. The Kier molecular flexibility index (Phi) is 6.45. The number of carbonyl (C=O) groups is 1. The first-order valence-corrected chi connectivity index (χ1v) is 9.47. The van der Waals surface area contributed by atoms with E-state index in [1.165, 1.54) is 0 Å². The molecule has 0 unspecified atom stereocenters. The Morgan fingerprint density at radius 1 is 0.893 bits per heavy atom. The van der Waals surface area contributed by atoms with Crippen LogP contribution in [0.2, 0.25) is 0 Å². The highest BCUT2D eigenvalue weighted by Crippen LogP contribution is 2.21. The first-order valence-electron chi connectivity index (χ1n) is 9.47. The predicted octanol–water partition coefficient (Wildman–Crippen LogP) is 3.60. The third-order valence-corrected chi connectivity index (χ3v) is 4.92. The minimum atomic E-state index is -0.00755. The summed E-state index contributed by atoms with van der Waals surface area (Å²) in [6, 6.07) is 24.3. The SMILES string of the molecule is COc1ccc([C@H]([NH2+]CC(=O)Nc2c(C)cccc2C)c2ccccc2)cc1. The van der Waals surface area contributed by atoms with E-state index in [0.717, 1.165) is 33.7 Å². The average molecular weight is 375 g/mol. The van der Waals surface area contributed by atoms with Gasteiger partial charge in [0.05, 0.1) is 7.11 Å². The van der Waals surface area contributed by atoms with E-state index in [9.17, 15) is 4.79 Å². The smallest absolute Gasteiger partial charge is 0.279 e. The largest absolute Gasteiger partial charge is 0.497 e. The topological polar surface area (TPSA) is 54.9 Å². The maximum absolute atomic E-state index is 12.6. The first kappa shape index (κ1) is 19.6. The molecule has 0 aliphatic heterocycles. The minimum absolute atomic E-state index is 0.00755. The Bertz CT molecular complexity index is 901. The fourth-order valence-electron chi connectivity index (χ4n) is 3.36. The molecule has 28 heavy (non-hydrogen) atoms. The number of hydrogen-bond donors (Lipinski definition) is 2. The fourth-order valence-corrected chi connectivity index (χ4v) is 3.36. The summed E-state index contributed by atoms with van der Waals surface area (Å²) < 4.78 is 5.27. The van der Waals surface area contributed by atoms with Crippen molar-refractivity contribution in [1.82, 2.24) is 0 Å². The molecule has 0 saturated carbocycles. The first-order chi connectivity index (χ1) is 13.6. The van der Waals surface area contributed by atoms with Gasteiger partial charge in [-0.3, -0.25) is 4.79 Å². The van der Waals surface area contributed by atoms with Crippen LogP contribution in [0.5, 0.6) is 5.75 Å². The van der Waals surface area contributed by atoms with Crippen molar-refractivity contribution in [3.8, 4) is 5.75 Å². The van der Waals surface area contributed by atoms with Crippen molar-refractivity contribution in [1.29, 1.82) is 0 Å². The number of nitrogens with two attached hydrogens (primary N) is 1. The van der Waals surface area contributed by atoms with Crippen LogP contribution in [0.4, 0.5) is 5.69 Å². The van der Waals surface area contributed by atoms with E-state index < -0.39 is 0 Å². The van der Waals surface area contributed by atoms with Crippen molar-refractivity contribution < 1.29 is 14.8 Å². The molecule has 1 amide bonds. The van der Waals surface area contributed by atoms with Crippen molar-refractivity contribution in [3.63, 3.8) is 0 Å². The van der Waals surface area contributed by atoms with Crippen LogP contribution in [-0.2, 0) is 4.79 Å². The van der Waals surface area contributed by atoms with Crippen LogP contribution in [0.15, 0.2) is 72.8 Å². The number of para-hydroxylation sites is 1. The van der Waals surface area contributed by atoms with Crippen LogP contribution in [-0.4, -0.2) is 19.6 Å². The van der Waals surface area contributed by atoms with Gasteiger partial charge in [0.1, 0.15) is 11.8 Å². The molecule has 3 aromatic carbocycles.